The molecule has 3 aromatic rings. The number of thiophene rings is 1. The molecule has 0 atom stereocenters. The molecule has 7 heteroatoms. The van der Waals surface area contributed by atoms with Gasteiger partial charge in [-0.1, -0.05) is 18.2 Å². The maximum absolute atomic E-state index is 12.9. The van der Waals surface area contributed by atoms with Gasteiger partial charge in [0, 0.05) is 36.6 Å². The topological polar surface area (TPSA) is 64.0 Å². The number of aromatic nitrogens is 2. The van der Waals surface area contributed by atoms with Crippen LogP contribution >= 0.6 is 11.3 Å². The van der Waals surface area contributed by atoms with Crippen LogP contribution in [0.2, 0.25) is 0 Å². The average Bonchev–Trinajstić information content (AvgIpc) is 3.21. The SMILES string of the molecule is CNc1cc(-c2cscc2C)n(S(=O)(=O)CC=Cc2cccnc2)c1. The van der Waals surface area contributed by atoms with Crippen LogP contribution in [0, 0.1) is 6.92 Å². The monoisotopic (exact) mass is 373 g/mol. The third-order valence-corrected chi connectivity index (χ3v) is 6.18. The van der Waals surface area contributed by atoms with E-state index in [1.165, 1.54) is 3.97 Å². The van der Waals surface area contributed by atoms with Crippen molar-refractivity contribution in [2.24, 2.45) is 0 Å². The molecule has 0 unspecified atom stereocenters. The molecule has 0 spiro atoms. The third kappa shape index (κ3) is 3.83. The number of hydrogen-bond donors (Lipinski definition) is 1. The number of pyridine rings is 1. The van der Waals surface area contributed by atoms with Crippen molar-refractivity contribution in [3.63, 3.8) is 0 Å². The zero-order chi connectivity index (χ0) is 17.9. The quantitative estimate of drug-likeness (QED) is 0.713. The smallest absolute Gasteiger partial charge is 0.242 e. The van der Waals surface area contributed by atoms with Crippen molar-refractivity contribution < 1.29 is 8.42 Å². The van der Waals surface area contributed by atoms with Gasteiger partial charge in [0.25, 0.3) is 0 Å². The molecule has 0 bridgehead atoms. The summed E-state index contributed by atoms with van der Waals surface area (Å²) in [4.78, 5) is 4.02. The van der Waals surface area contributed by atoms with Crippen LogP contribution in [-0.4, -0.2) is 30.2 Å². The minimum absolute atomic E-state index is 0.0874. The minimum Gasteiger partial charge on any atom is -0.387 e. The summed E-state index contributed by atoms with van der Waals surface area (Å²) in [6, 6.07) is 5.55. The van der Waals surface area contributed by atoms with E-state index in [2.05, 4.69) is 10.3 Å². The summed E-state index contributed by atoms with van der Waals surface area (Å²) in [5.41, 5.74) is 4.31. The van der Waals surface area contributed by atoms with Gasteiger partial charge in [-0.15, -0.1) is 0 Å². The summed E-state index contributed by atoms with van der Waals surface area (Å²) >= 11 is 1.56. The van der Waals surface area contributed by atoms with Crippen molar-refractivity contribution >= 4 is 33.1 Å². The highest BCUT2D eigenvalue weighted by Gasteiger charge is 2.19. The molecule has 0 saturated heterocycles. The van der Waals surface area contributed by atoms with E-state index in [0.29, 0.717) is 5.69 Å². The van der Waals surface area contributed by atoms with Crippen molar-refractivity contribution in [2.45, 2.75) is 6.92 Å². The van der Waals surface area contributed by atoms with Gasteiger partial charge >= 0.3 is 0 Å². The molecule has 3 rings (SSSR count). The van der Waals surface area contributed by atoms with E-state index < -0.39 is 10.0 Å². The Balaban J connectivity index is 1.93. The van der Waals surface area contributed by atoms with Gasteiger partial charge in [0.1, 0.15) is 0 Å². The van der Waals surface area contributed by atoms with Crippen LogP contribution < -0.4 is 5.32 Å². The first-order valence-electron chi connectivity index (χ1n) is 7.74. The van der Waals surface area contributed by atoms with Crippen molar-refractivity contribution in [3.05, 3.63) is 64.8 Å². The molecule has 0 aliphatic rings. The minimum atomic E-state index is -3.52. The number of rotatable bonds is 6. The zero-order valence-corrected chi connectivity index (χ0v) is 15.6. The van der Waals surface area contributed by atoms with Gasteiger partial charge in [-0.05, 0) is 35.6 Å². The number of nitrogens with zero attached hydrogens (tertiary/aromatic N) is 2. The van der Waals surface area contributed by atoms with Crippen molar-refractivity contribution in [3.8, 4) is 11.3 Å². The molecule has 0 aromatic carbocycles. The fourth-order valence-electron chi connectivity index (χ4n) is 2.49. The molecule has 130 valence electrons. The van der Waals surface area contributed by atoms with Crippen molar-refractivity contribution in [1.82, 2.24) is 8.96 Å². The van der Waals surface area contributed by atoms with Crippen LogP contribution in [0.5, 0.6) is 0 Å². The third-order valence-electron chi connectivity index (χ3n) is 3.81. The van der Waals surface area contributed by atoms with Gasteiger partial charge in [-0.2, -0.15) is 11.3 Å². The lowest BCUT2D eigenvalue weighted by molar-refractivity contribution is 0.591. The van der Waals surface area contributed by atoms with Crippen LogP contribution in [0.3, 0.4) is 0 Å². The maximum Gasteiger partial charge on any atom is 0.242 e. The predicted octanol–water partition coefficient (Wildman–Crippen LogP) is 3.85. The molecule has 0 amide bonds. The molecule has 25 heavy (non-hydrogen) atoms. The van der Waals surface area contributed by atoms with Crippen molar-refractivity contribution in [1.29, 1.82) is 0 Å². The van der Waals surface area contributed by atoms with E-state index in [1.807, 2.05) is 35.9 Å². The van der Waals surface area contributed by atoms with Gasteiger partial charge in [-0.25, -0.2) is 12.4 Å². The summed E-state index contributed by atoms with van der Waals surface area (Å²) in [5.74, 6) is -0.0874. The molecule has 0 saturated carbocycles. The van der Waals surface area contributed by atoms with E-state index in [1.54, 1.807) is 49.1 Å². The molecule has 3 heterocycles. The second-order valence-corrected chi connectivity index (χ2v) is 8.23. The lowest BCUT2D eigenvalue weighted by Crippen LogP contribution is -2.15. The lowest BCUT2D eigenvalue weighted by Gasteiger charge is -2.08. The predicted molar refractivity (Wildman–Crippen MR) is 104 cm³/mol. The summed E-state index contributed by atoms with van der Waals surface area (Å²) < 4.78 is 27.1. The molecule has 0 aliphatic heterocycles. The van der Waals surface area contributed by atoms with Crippen LogP contribution in [0.25, 0.3) is 17.3 Å². The molecule has 0 radical (unpaired) electrons. The number of hydrogen-bond acceptors (Lipinski definition) is 5. The molecule has 0 fully saturated rings. The summed E-state index contributed by atoms with van der Waals surface area (Å²) in [6.45, 7) is 1.98. The van der Waals surface area contributed by atoms with Crippen LogP contribution in [0.4, 0.5) is 5.69 Å². The molecule has 0 aliphatic carbocycles. The Bertz CT molecular complexity index is 987. The van der Waals surface area contributed by atoms with Gasteiger partial charge in [0.05, 0.1) is 17.1 Å². The number of nitrogens with one attached hydrogen (secondary N) is 1. The molecule has 1 N–H and O–H groups in total. The van der Waals surface area contributed by atoms with Crippen molar-refractivity contribution in [2.75, 3.05) is 18.1 Å². The fraction of sp³-hybridized carbons (Fsp3) is 0.167. The highest BCUT2D eigenvalue weighted by molar-refractivity contribution is 7.90. The Hall–Kier alpha value is -2.38. The van der Waals surface area contributed by atoms with Gasteiger partial charge < -0.3 is 5.32 Å². The maximum atomic E-state index is 12.9. The fourth-order valence-corrected chi connectivity index (χ4v) is 4.56. The molecule has 5 nitrogen and oxygen atoms in total. The Morgan fingerprint density at radius 1 is 1.36 bits per heavy atom. The van der Waals surface area contributed by atoms with Gasteiger partial charge in [0.15, 0.2) is 0 Å². The number of anilines is 1. The first-order chi connectivity index (χ1) is 12.0. The van der Waals surface area contributed by atoms with E-state index in [9.17, 15) is 8.42 Å². The summed E-state index contributed by atoms with van der Waals surface area (Å²) in [5, 5.41) is 7.00. The second-order valence-electron chi connectivity index (χ2n) is 5.60. The Morgan fingerprint density at radius 3 is 2.84 bits per heavy atom. The van der Waals surface area contributed by atoms with Gasteiger partial charge in [0.2, 0.25) is 10.0 Å². The average molecular weight is 374 g/mol. The van der Waals surface area contributed by atoms with E-state index in [4.69, 9.17) is 0 Å². The van der Waals surface area contributed by atoms with Crippen LogP contribution in [-0.2, 0) is 10.0 Å². The highest BCUT2D eigenvalue weighted by atomic mass is 32.2. The van der Waals surface area contributed by atoms with Gasteiger partial charge in [-0.3, -0.25) is 4.98 Å². The molecule has 3 aromatic heterocycles. The number of aryl methyl sites for hydroxylation is 1. The summed E-state index contributed by atoms with van der Waals surface area (Å²) in [6.07, 6.45) is 8.42. The lowest BCUT2D eigenvalue weighted by atomic mass is 10.1. The van der Waals surface area contributed by atoms with E-state index >= 15 is 0 Å². The first-order valence-corrected chi connectivity index (χ1v) is 10.3. The largest absolute Gasteiger partial charge is 0.387 e. The zero-order valence-electron chi connectivity index (χ0n) is 14.0. The normalized spacial score (nSPS) is 11.9. The summed E-state index contributed by atoms with van der Waals surface area (Å²) in [7, 11) is -1.74. The van der Waals surface area contributed by atoms with E-state index in [-0.39, 0.29) is 5.75 Å². The Kier molecular flexibility index (Phi) is 5.06. The molecular weight excluding hydrogens is 354 g/mol. The molecular formula is C18H19N3O2S2. The second kappa shape index (κ2) is 7.25. The van der Waals surface area contributed by atoms with E-state index in [0.717, 1.165) is 22.4 Å². The standard InChI is InChI=1S/C18H19N3O2S2/c1-14-12-24-13-17(14)18-9-16(19-2)11-21(18)25(22,23)8-4-6-15-5-3-7-20-10-15/h3-7,9-13,19H,8H2,1-2H3. The Labute approximate surface area is 151 Å². The van der Waals surface area contributed by atoms with Crippen LogP contribution in [0.1, 0.15) is 11.1 Å². The van der Waals surface area contributed by atoms with Crippen LogP contribution in [0.15, 0.2) is 53.6 Å². The highest BCUT2D eigenvalue weighted by Crippen LogP contribution is 2.31. The Morgan fingerprint density at radius 2 is 2.20 bits per heavy atom. The first kappa shape index (κ1) is 17.4.